The molecule has 1 heterocycles. The minimum Gasteiger partial charge on any atom is -0.481 e. The summed E-state index contributed by atoms with van der Waals surface area (Å²) >= 11 is 0. The summed E-state index contributed by atoms with van der Waals surface area (Å²) in [6.07, 6.45) is 0. The van der Waals surface area contributed by atoms with Crippen LogP contribution in [-0.2, 0) is 4.79 Å². The minimum absolute atomic E-state index is 0.123. The van der Waals surface area contributed by atoms with E-state index in [4.69, 9.17) is 10.8 Å². The Bertz CT molecular complexity index is 138. The fraction of sp³-hybridized carbons (Fsp3) is 0.833. The summed E-state index contributed by atoms with van der Waals surface area (Å²) in [6, 6.07) is 0. The van der Waals surface area contributed by atoms with Crippen LogP contribution in [0.2, 0.25) is 0 Å². The van der Waals surface area contributed by atoms with Crippen LogP contribution in [0.5, 0.6) is 0 Å². The average molecular weight is 144 g/mol. The fourth-order valence-corrected chi connectivity index (χ4v) is 1.27. The van der Waals surface area contributed by atoms with Gasteiger partial charge in [-0.2, -0.15) is 0 Å². The molecule has 4 heteroatoms. The SMILES string of the molecule is NC[C@@H]1CNC[C@H]1C(=O)O. The molecule has 1 aliphatic heterocycles. The number of carboxylic acids is 1. The Morgan fingerprint density at radius 2 is 2.40 bits per heavy atom. The molecule has 0 radical (unpaired) electrons. The van der Waals surface area contributed by atoms with Crippen molar-refractivity contribution >= 4 is 5.97 Å². The monoisotopic (exact) mass is 144 g/mol. The second-order valence-electron chi connectivity index (χ2n) is 2.60. The zero-order valence-corrected chi connectivity index (χ0v) is 5.71. The van der Waals surface area contributed by atoms with Crippen molar-refractivity contribution in [3.05, 3.63) is 0 Å². The first kappa shape index (κ1) is 7.50. The van der Waals surface area contributed by atoms with Gasteiger partial charge in [-0.15, -0.1) is 0 Å². The Balaban J connectivity index is 2.50. The summed E-state index contributed by atoms with van der Waals surface area (Å²) in [4.78, 5) is 10.5. The Hall–Kier alpha value is -0.610. The second-order valence-corrected chi connectivity index (χ2v) is 2.60. The number of nitrogens with one attached hydrogen (secondary N) is 1. The van der Waals surface area contributed by atoms with Crippen LogP contribution in [0.3, 0.4) is 0 Å². The smallest absolute Gasteiger partial charge is 0.308 e. The van der Waals surface area contributed by atoms with Crippen LogP contribution in [0.25, 0.3) is 0 Å². The molecule has 58 valence electrons. The maximum absolute atomic E-state index is 10.5. The number of hydrogen-bond acceptors (Lipinski definition) is 3. The summed E-state index contributed by atoms with van der Waals surface area (Å²) < 4.78 is 0. The molecule has 0 unspecified atom stereocenters. The molecule has 2 atom stereocenters. The van der Waals surface area contributed by atoms with Gasteiger partial charge in [-0.3, -0.25) is 4.79 Å². The predicted octanol–water partition coefficient (Wildman–Crippen LogP) is -1.13. The standard InChI is InChI=1S/C6H12N2O2/c7-1-4-2-8-3-5(4)6(9)10/h4-5,8H,1-3,7H2,(H,9,10)/t4-,5-/m1/s1. The number of rotatable bonds is 2. The minimum atomic E-state index is -0.736. The molecule has 0 bridgehead atoms. The lowest BCUT2D eigenvalue weighted by molar-refractivity contribution is -0.142. The highest BCUT2D eigenvalue weighted by molar-refractivity contribution is 5.71. The maximum Gasteiger partial charge on any atom is 0.308 e. The fourth-order valence-electron chi connectivity index (χ4n) is 1.27. The van der Waals surface area contributed by atoms with Crippen LogP contribution in [0.4, 0.5) is 0 Å². The van der Waals surface area contributed by atoms with Crippen molar-refractivity contribution in [2.24, 2.45) is 17.6 Å². The van der Waals surface area contributed by atoms with Gasteiger partial charge in [0.1, 0.15) is 0 Å². The quantitative estimate of drug-likeness (QED) is 0.458. The average Bonchev–Trinajstić information content (AvgIpc) is 2.33. The highest BCUT2D eigenvalue weighted by atomic mass is 16.4. The van der Waals surface area contributed by atoms with Gasteiger partial charge in [-0.25, -0.2) is 0 Å². The summed E-state index contributed by atoms with van der Waals surface area (Å²) in [7, 11) is 0. The molecule has 0 spiro atoms. The van der Waals surface area contributed by atoms with Gasteiger partial charge < -0.3 is 16.2 Å². The van der Waals surface area contributed by atoms with Crippen molar-refractivity contribution in [3.63, 3.8) is 0 Å². The van der Waals surface area contributed by atoms with Crippen LogP contribution in [0.1, 0.15) is 0 Å². The molecule has 0 aromatic carbocycles. The molecular formula is C6H12N2O2. The topological polar surface area (TPSA) is 75.3 Å². The lowest BCUT2D eigenvalue weighted by atomic mass is 9.97. The molecule has 4 nitrogen and oxygen atoms in total. The van der Waals surface area contributed by atoms with Gasteiger partial charge in [0.2, 0.25) is 0 Å². The van der Waals surface area contributed by atoms with E-state index in [-0.39, 0.29) is 11.8 Å². The van der Waals surface area contributed by atoms with E-state index in [1.807, 2.05) is 0 Å². The van der Waals surface area contributed by atoms with Crippen LogP contribution in [0.15, 0.2) is 0 Å². The Morgan fingerprint density at radius 3 is 2.80 bits per heavy atom. The van der Waals surface area contributed by atoms with E-state index < -0.39 is 5.97 Å². The second kappa shape index (κ2) is 2.98. The van der Waals surface area contributed by atoms with Gasteiger partial charge in [0.05, 0.1) is 5.92 Å². The van der Waals surface area contributed by atoms with Crippen LogP contribution in [0, 0.1) is 11.8 Å². The maximum atomic E-state index is 10.5. The summed E-state index contributed by atoms with van der Waals surface area (Å²) in [5.41, 5.74) is 5.36. The summed E-state index contributed by atoms with van der Waals surface area (Å²) in [5.74, 6) is -0.886. The van der Waals surface area contributed by atoms with Crippen molar-refractivity contribution in [2.45, 2.75) is 0 Å². The van der Waals surface area contributed by atoms with Crippen LogP contribution < -0.4 is 11.1 Å². The molecule has 1 saturated heterocycles. The van der Waals surface area contributed by atoms with Gasteiger partial charge in [-0.1, -0.05) is 0 Å². The summed E-state index contributed by atoms with van der Waals surface area (Å²) in [6.45, 7) is 1.77. The molecule has 1 rings (SSSR count). The number of carboxylic acid groups (broad SMARTS) is 1. The zero-order chi connectivity index (χ0) is 7.56. The third kappa shape index (κ3) is 1.27. The number of nitrogens with two attached hydrogens (primary N) is 1. The Kier molecular flexibility index (Phi) is 2.24. The molecule has 0 aromatic heterocycles. The van der Waals surface area contributed by atoms with E-state index in [0.717, 1.165) is 6.54 Å². The molecule has 1 fully saturated rings. The van der Waals surface area contributed by atoms with Crippen molar-refractivity contribution in [1.82, 2.24) is 5.32 Å². The predicted molar refractivity (Wildman–Crippen MR) is 36.5 cm³/mol. The van der Waals surface area contributed by atoms with Crippen molar-refractivity contribution in [3.8, 4) is 0 Å². The Morgan fingerprint density at radius 1 is 1.70 bits per heavy atom. The normalized spacial score (nSPS) is 32.5. The number of carbonyl (C=O) groups is 1. The zero-order valence-electron chi connectivity index (χ0n) is 5.71. The van der Waals surface area contributed by atoms with Crippen molar-refractivity contribution < 1.29 is 9.90 Å². The van der Waals surface area contributed by atoms with E-state index in [1.54, 1.807) is 0 Å². The first-order chi connectivity index (χ1) is 4.75. The Labute approximate surface area is 59.4 Å². The molecule has 0 aromatic rings. The molecule has 0 amide bonds. The highest BCUT2D eigenvalue weighted by Gasteiger charge is 2.31. The molecule has 0 aliphatic carbocycles. The van der Waals surface area contributed by atoms with E-state index >= 15 is 0 Å². The van der Waals surface area contributed by atoms with E-state index in [9.17, 15) is 4.79 Å². The molecular weight excluding hydrogens is 132 g/mol. The third-order valence-electron chi connectivity index (χ3n) is 1.96. The van der Waals surface area contributed by atoms with Gasteiger partial charge in [0.25, 0.3) is 0 Å². The van der Waals surface area contributed by atoms with Crippen molar-refractivity contribution in [1.29, 1.82) is 0 Å². The van der Waals surface area contributed by atoms with E-state index in [1.165, 1.54) is 0 Å². The van der Waals surface area contributed by atoms with E-state index in [2.05, 4.69) is 5.32 Å². The van der Waals surface area contributed by atoms with E-state index in [0.29, 0.717) is 13.1 Å². The van der Waals surface area contributed by atoms with Gasteiger partial charge >= 0.3 is 5.97 Å². The van der Waals surface area contributed by atoms with Crippen LogP contribution >= 0.6 is 0 Å². The number of aliphatic carboxylic acids is 1. The number of hydrogen-bond donors (Lipinski definition) is 3. The first-order valence-electron chi connectivity index (χ1n) is 3.39. The summed E-state index contributed by atoms with van der Waals surface area (Å²) in [5, 5.41) is 11.6. The first-order valence-corrected chi connectivity index (χ1v) is 3.39. The molecule has 10 heavy (non-hydrogen) atoms. The van der Waals surface area contributed by atoms with Gasteiger partial charge in [0.15, 0.2) is 0 Å². The third-order valence-corrected chi connectivity index (χ3v) is 1.96. The van der Waals surface area contributed by atoms with Crippen LogP contribution in [-0.4, -0.2) is 30.7 Å². The lowest BCUT2D eigenvalue weighted by Crippen LogP contribution is -2.27. The largest absolute Gasteiger partial charge is 0.481 e. The molecule has 4 N–H and O–H groups in total. The lowest BCUT2D eigenvalue weighted by Gasteiger charge is -2.10. The van der Waals surface area contributed by atoms with Gasteiger partial charge in [-0.05, 0) is 12.5 Å². The van der Waals surface area contributed by atoms with Crippen molar-refractivity contribution in [2.75, 3.05) is 19.6 Å². The van der Waals surface area contributed by atoms with Gasteiger partial charge in [0, 0.05) is 13.1 Å². The highest BCUT2D eigenvalue weighted by Crippen LogP contribution is 2.14. The molecule has 1 aliphatic rings. The molecule has 0 saturated carbocycles.